The second kappa shape index (κ2) is 5.49. The molecule has 0 aliphatic heterocycles. The van der Waals surface area contributed by atoms with E-state index in [9.17, 15) is 0 Å². The van der Waals surface area contributed by atoms with Crippen molar-refractivity contribution in [3.63, 3.8) is 0 Å². The van der Waals surface area contributed by atoms with E-state index >= 15 is 0 Å². The molecule has 0 fully saturated rings. The summed E-state index contributed by atoms with van der Waals surface area (Å²) in [5, 5.41) is 6.58. The van der Waals surface area contributed by atoms with Crippen molar-refractivity contribution in [1.29, 1.82) is 0 Å². The molecule has 0 unspecified atom stereocenters. The Bertz CT molecular complexity index is 622. The lowest BCUT2D eigenvalue weighted by Gasteiger charge is -2.20. The van der Waals surface area contributed by atoms with Crippen molar-refractivity contribution in [3.05, 3.63) is 41.2 Å². The van der Waals surface area contributed by atoms with E-state index in [4.69, 9.17) is 0 Å². The Morgan fingerprint density at radius 2 is 1.85 bits per heavy atom. The summed E-state index contributed by atoms with van der Waals surface area (Å²) in [5.41, 5.74) is 5.15. The molecule has 2 aromatic rings. The van der Waals surface area contributed by atoms with Crippen molar-refractivity contribution in [2.45, 2.75) is 32.6 Å². The molecule has 20 heavy (non-hydrogen) atoms. The van der Waals surface area contributed by atoms with E-state index in [1.54, 1.807) is 6.33 Å². The molecule has 0 spiro atoms. The molecule has 4 heteroatoms. The van der Waals surface area contributed by atoms with Crippen molar-refractivity contribution < 1.29 is 0 Å². The summed E-state index contributed by atoms with van der Waals surface area (Å²) < 4.78 is 0. The molecule has 1 heterocycles. The molecule has 104 valence electrons. The number of hydrogen-bond donors (Lipinski definition) is 2. The first kappa shape index (κ1) is 12.9. The minimum absolute atomic E-state index is 0.868. The average Bonchev–Trinajstić information content (AvgIpc) is 2.50. The van der Waals surface area contributed by atoms with Crippen LogP contribution >= 0.6 is 0 Å². The first-order chi connectivity index (χ1) is 9.79. The van der Waals surface area contributed by atoms with Crippen LogP contribution in [0.4, 0.5) is 17.3 Å². The Kier molecular flexibility index (Phi) is 3.54. The highest BCUT2D eigenvalue weighted by molar-refractivity contribution is 5.67. The molecule has 1 aliphatic carbocycles. The molecule has 1 aromatic heterocycles. The van der Waals surface area contributed by atoms with Crippen LogP contribution in [0.3, 0.4) is 0 Å². The van der Waals surface area contributed by atoms with Gasteiger partial charge in [0.1, 0.15) is 18.0 Å². The summed E-state index contributed by atoms with van der Waals surface area (Å²) in [6.07, 6.45) is 6.51. The molecule has 1 aliphatic rings. The summed E-state index contributed by atoms with van der Waals surface area (Å²) in [5.74, 6) is 1.75. The third-order valence-corrected chi connectivity index (χ3v) is 3.97. The Hall–Kier alpha value is -2.10. The van der Waals surface area contributed by atoms with Gasteiger partial charge in [0.05, 0.1) is 0 Å². The maximum absolute atomic E-state index is 4.37. The van der Waals surface area contributed by atoms with Crippen LogP contribution in [-0.4, -0.2) is 17.0 Å². The highest BCUT2D eigenvalue weighted by Crippen LogP contribution is 2.30. The zero-order chi connectivity index (χ0) is 13.9. The molecule has 0 bridgehead atoms. The number of aromatic nitrogens is 2. The molecule has 0 saturated carbocycles. The van der Waals surface area contributed by atoms with Crippen LogP contribution in [0, 0.1) is 6.92 Å². The Morgan fingerprint density at radius 1 is 1.05 bits per heavy atom. The number of fused-ring (bicyclic) bond motifs is 1. The second-order valence-corrected chi connectivity index (χ2v) is 5.22. The maximum atomic E-state index is 4.37. The summed E-state index contributed by atoms with van der Waals surface area (Å²) in [4.78, 5) is 8.59. The van der Waals surface area contributed by atoms with Gasteiger partial charge in [-0.05, 0) is 49.8 Å². The van der Waals surface area contributed by atoms with E-state index < -0.39 is 0 Å². The van der Waals surface area contributed by atoms with Gasteiger partial charge in [-0.15, -0.1) is 0 Å². The fourth-order valence-electron chi connectivity index (χ4n) is 2.85. The quantitative estimate of drug-likeness (QED) is 0.895. The standard InChI is InChI=1S/C16H20N4/c1-11-15(17-2)18-10-19-16(11)20-14-9-5-7-12-6-3-4-8-13(12)14/h5,7,9-10H,3-4,6,8H2,1-2H3,(H2,17,18,19,20). The topological polar surface area (TPSA) is 49.8 Å². The highest BCUT2D eigenvalue weighted by atomic mass is 15.1. The predicted molar refractivity (Wildman–Crippen MR) is 82.7 cm³/mol. The van der Waals surface area contributed by atoms with Crippen LogP contribution in [0.2, 0.25) is 0 Å². The van der Waals surface area contributed by atoms with Crippen LogP contribution in [0.1, 0.15) is 29.5 Å². The van der Waals surface area contributed by atoms with Crippen LogP contribution in [-0.2, 0) is 12.8 Å². The minimum Gasteiger partial charge on any atom is -0.373 e. The first-order valence-electron chi connectivity index (χ1n) is 7.16. The summed E-state index contributed by atoms with van der Waals surface area (Å²) in [7, 11) is 1.88. The third-order valence-electron chi connectivity index (χ3n) is 3.97. The van der Waals surface area contributed by atoms with Crippen LogP contribution < -0.4 is 10.6 Å². The number of anilines is 3. The minimum atomic E-state index is 0.868. The van der Waals surface area contributed by atoms with Gasteiger partial charge in [-0.2, -0.15) is 0 Å². The molecule has 0 amide bonds. The number of nitrogens with zero attached hydrogens (tertiary/aromatic N) is 2. The molecule has 4 nitrogen and oxygen atoms in total. The van der Waals surface area contributed by atoms with Crippen LogP contribution in [0.25, 0.3) is 0 Å². The number of benzene rings is 1. The lowest BCUT2D eigenvalue weighted by Crippen LogP contribution is -2.08. The number of nitrogens with one attached hydrogen (secondary N) is 2. The van der Waals surface area contributed by atoms with Gasteiger partial charge in [0, 0.05) is 18.3 Å². The van der Waals surface area contributed by atoms with Gasteiger partial charge in [0.15, 0.2) is 0 Å². The molecule has 0 radical (unpaired) electrons. The Balaban J connectivity index is 1.96. The summed E-state index contributed by atoms with van der Waals surface area (Å²) in [6, 6.07) is 6.51. The SMILES string of the molecule is CNc1ncnc(Nc2cccc3c2CCCC3)c1C. The van der Waals surface area contributed by atoms with Gasteiger partial charge in [-0.1, -0.05) is 12.1 Å². The van der Waals surface area contributed by atoms with E-state index in [0.29, 0.717) is 0 Å². The summed E-state index contributed by atoms with van der Waals surface area (Å²) >= 11 is 0. The maximum Gasteiger partial charge on any atom is 0.138 e. The van der Waals surface area contributed by atoms with Gasteiger partial charge in [-0.25, -0.2) is 9.97 Å². The smallest absolute Gasteiger partial charge is 0.138 e. The van der Waals surface area contributed by atoms with Crippen molar-refractivity contribution in [3.8, 4) is 0 Å². The van der Waals surface area contributed by atoms with E-state index in [-0.39, 0.29) is 0 Å². The van der Waals surface area contributed by atoms with E-state index in [1.165, 1.54) is 36.1 Å². The zero-order valence-electron chi connectivity index (χ0n) is 12.0. The average molecular weight is 268 g/mol. The van der Waals surface area contributed by atoms with Gasteiger partial charge in [0.25, 0.3) is 0 Å². The Morgan fingerprint density at radius 3 is 2.70 bits per heavy atom. The number of rotatable bonds is 3. The number of hydrogen-bond acceptors (Lipinski definition) is 4. The number of aryl methyl sites for hydroxylation is 1. The van der Waals surface area contributed by atoms with Crippen molar-refractivity contribution in [1.82, 2.24) is 9.97 Å². The van der Waals surface area contributed by atoms with E-state index in [0.717, 1.165) is 23.6 Å². The largest absolute Gasteiger partial charge is 0.373 e. The lowest BCUT2D eigenvalue weighted by molar-refractivity contribution is 0.687. The molecule has 2 N–H and O–H groups in total. The second-order valence-electron chi connectivity index (χ2n) is 5.22. The normalized spacial score (nSPS) is 13.7. The third kappa shape index (κ3) is 2.33. The van der Waals surface area contributed by atoms with Gasteiger partial charge in [0.2, 0.25) is 0 Å². The molecule has 0 atom stereocenters. The monoisotopic (exact) mass is 268 g/mol. The van der Waals surface area contributed by atoms with Crippen molar-refractivity contribution >= 4 is 17.3 Å². The van der Waals surface area contributed by atoms with Gasteiger partial charge >= 0.3 is 0 Å². The van der Waals surface area contributed by atoms with Gasteiger partial charge in [-0.3, -0.25) is 0 Å². The zero-order valence-corrected chi connectivity index (χ0v) is 12.0. The highest BCUT2D eigenvalue weighted by Gasteiger charge is 2.14. The molecular weight excluding hydrogens is 248 g/mol. The van der Waals surface area contributed by atoms with Crippen molar-refractivity contribution in [2.24, 2.45) is 0 Å². The molecule has 0 saturated heterocycles. The fourth-order valence-corrected chi connectivity index (χ4v) is 2.85. The first-order valence-corrected chi connectivity index (χ1v) is 7.16. The molecule has 3 rings (SSSR count). The van der Waals surface area contributed by atoms with Gasteiger partial charge < -0.3 is 10.6 Å². The Labute approximate surface area is 119 Å². The van der Waals surface area contributed by atoms with E-state index in [2.05, 4.69) is 38.8 Å². The van der Waals surface area contributed by atoms with Crippen molar-refractivity contribution in [2.75, 3.05) is 17.7 Å². The predicted octanol–water partition coefficient (Wildman–Crippen LogP) is 3.45. The van der Waals surface area contributed by atoms with Crippen LogP contribution in [0.5, 0.6) is 0 Å². The molecular formula is C16H20N4. The fraction of sp³-hybridized carbons (Fsp3) is 0.375. The van der Waals surface area contributed by atoms with Crippen LogP contribution in [0.15, 0.2) is 24.5 Å². The van der Waals surface area contributed by atoms with E-state index in [1.807, 2.05) is 14.0 Å². The molecule has 1 aromatic carbocycles. The summed E-state index contributed by atoms with van der Waals surface area (Å²) in [6.45, 7) is 2.03. The lowest BCUT2D eigenvalue weighted by atomic mass is 9.90.